The maximum Gasteiger partial charge on any atom is 0.159 e. The second kappa shape index (κ2) is 13.4. The third kappa shape index (κ3) is 6.22. The lowest BCUT2D eigenvalue weighted by atomic mass is 10.1. The number of hydrogen-bond donors (Lipinski definition) is 2. The van der Waals surface area contributed by atoms with Crippen molar-refractivity contribution in [2.45, 2.75) is 0 Å². The van der Waals surface area contributed by atoms with Gasteiger partial charge in [0.25, 0.3) is 0 Å². The van der Waals surface area contributed by atoms with Crippen LogP contribution in [-0.2, 0) is 0 Å². The summed E-state index contributed by atoms with van der Waals surface area (Å²) in [4.78, 5) is 12.0. The van der Waals surface area contributed by atoms with Crippen LogP contribution in [0.3, 0.4) is 0 Å². The first-order chi connectivity index (χ1) is 10.9. The lowest BCUT2D eigenvalue weighted by Crippen LogP contribution is -2.19. The summed E-state index contributed by atoms with van der Waals surface area (Å²) >= 11 is 4.30. The SMILES string of the molecule is CI.CI.O/N=C(\C(=N/O)c1ccccn1)c1ccccn1. The maximum absolute atomic E-state index is 9.07. The predicted octanol–water partition coefficient (Wildman–Crippen LogP) is 3.64. The van der Waals surface area contributed by atoms with E-state index in [2.05, 4.69) is 65.5 Å². The Balaban J connectivity index is 0.00000102. The van der Waals surface area contributed by atoms with Crippen molar-refractivity contribution in [1.29, 1.82) is 0 Å². The van der Waals surface area contributed by atoms with Gasteiger partial charge in [-0.1, -0.05) is 67.6 Å². The van der Waals surface area contributed by atoms with Crippen LogP contribution < -0.4 is 0 Å². The quantitative estimate of drug-likeness (QED) is 0.210. The smallest absolute Gasteiger partial charge is 0.159 e. The van der Waals surface area contributed by atoms with E-state index in [9.17, 15) is 0 Å². The Kier molecular flexibility index (Phi) is 12.6. The molecule has 0 aliphatic carbocycles. The van der Waals surface area contributed by atoms with Crippen molar-refractivity contribution in [1.82, 2.24) is 9.97 Å². The summed E-state index contributed by atoms with van der Waals surface area (Å²) in [6.45, 7) is 0. The minimum absolute atomic E-state index is 0.0526. The Morgan fingerprint density at radius 2 is 1.14 bits per heavy atom. The van der Waals surface area contributed by atoms with E-state index in [0.29, 0.717) is 11.4 Å². The van der Waals surface area contributed by atoms with Gasteiger partial charge in [0.1, 0.15) is 0 Å². The van der Waals surface area contributed by atoms with Crippen LogP contribution in [0.1, 0.15) is 11.4 Å². The van der Waals surface area contributed by atoms with Crippen LogP contribution in [0.2, 0.25) is 0 Å². The van der Waals surface area contributed by atoms with Gasteiger partial charge < -0.3 is 10.4 Å². The average molecular weight is 526 g/mol. The monoisotopic (exact) mass is 526 g/mol. The summed E-state index contributed by atoms with van der Waals surface area (Å²) in [6, 6.07) is 10.2. The van der Waals surface area contributed by atoms with Gasteiger partial charge in [0.2, 0.25) is 0 Å². The number of pyridine rings is 2. The number of halogens is 2. The summed E-state index contributed by atoms with van der Waals surface area (Å²) < 4.78 is 0. The number of aromatic nitrogens is 2. The molecule has 0 saturated carbocycles. The number of oxime groups is 2. The fourth-order valence-electron chi connectivity index (χ4n) is 1.45. The highest BCUT2D eigenvalue weighted by molar-refractivity contribution is 14.1. The molecule has 118 valence electrons. The molecule has 2 aromatic rings. The second-order valence-corrected chi connectivity index (χ2v) is 3.33. The Hall–Kier alpha value is -1.30. The molecule has 0 aromatic carbocycles. The molecule has 2 aromatic heterocycles. The molecule has 0 aliphatic rings. The van der Waals surface area contributed by atoms with Gasteiger partial charge in [0.05, 0.1) is 11.4 Å². The first-order valence-corrected chi connectivity index (χ1v) is 10.2. The Labute approximate surface area is 156 Å². The number of nitrogens with zero attached hydrogens (tertiary/aromatic N) is 4. The van der Waals surface area contributed by atoms with Crippen molar-refractivity contribution in [3.05, 3.63) is 60.2 Å². The van der Waals surface area contributed by atoms with Crippen LogP contribution in [0.4, 0.5) is 0 Å². The largest absolute Gasteiger partial charge is 0.410 e. The van der Waals surface area contributed by atoms with Crippen molar-refractivity contribution in [3.63, 3.8) is 0 Å². The van der Waals surface area contributed by atoms with E-state index in [4.69, 9.17) is 10.4 Å². The van der Waals surface area contributed by atoms with Gasteiger partial charge in [0, 0.05) is 12.4 Å². The number of alkyl halides is 2. The summed E-state index contributed by atoms with van der Waals surface area (Å²) in [5.41, 5.74) is 0.880. The zero-order valence-corrected chi connectivity index (χ0v) is 16.4. The lowest BCUT2D eigenvalue weighted by molar-refractivity contribution is 0.314. The first-order valence-electron chi connectivity index (χ1n) is 5.89. The van der Waals surface area contributed by atoms with Crippen molar-refractivity contribution < 1.29 is 10.4 Å². The summed E-state index contributed by atoms with van der Waals surface area (Å²) in [5.74, 6) is 0. The molecular weight excluding hydrogens is 510 g/mol. The average Bonchev–Trinajstić information content (AvgIpc) is 2.64. The van der Waals surface area contributed by atoms with Gasteiger partial charge >= 0.3 is 0 Å². The summed E-state index contributed by atoms with van der Waals surface area (Å²) in [6.07, 6.45) is 3.10. The van der Waals surface area contributed by atoms with Gasteiger partial charge in [-0.05, 0) is 34.1 Å². The van der Waals surface area contributed by atoms with Crippen molar-refractivity contribution >= 4 is 56.6 Å². The highest BCUT2D eigenvalue weighted by atomic mass is 127. The zero-order chi connectivity index (χ0) is 16.8. The van der Waals surface area contributed by atoms with E-state index in [1.54, 1.807) is 48.8 Å². The molecule has 2 heterocycles. The van der Waals surface area contributed by atoms with E-state index in [0.717, 1.165) is 0 Å². The molecule has 0 aliphatic heterocycles. The van der Waals surface area contributed by atoms with Gasteiger partial charge in [-0.15, -0.1) is 0 Å². The van der Waals surface area contributed by atoms with Crippen molar-refractivity contribution in [3.8, 4) is 0 Å². The molecule has 22 heavy (non-hydrogen) atoms. The topological polar surface area (TPSA) is 91.0 Å². The van der Waals surface area contributed by atoms with Gasteiger partial charge in [-0.2, -0.15) is 0 Å². The molecule has 0 atom stereocenters. The van der Waals surface area contributed by atoms with Crippen LogP contribution in [0.15, 0.2) is 59.1 Å². The Bertz CT molecular complexity index is 524. The molecule has 2 N–H and O–H groups in total. The first kappa shape index (κ1) is 20.7. The van der Waals surface area contributed by atoms with E-state index >= 15 is 0 Å². The molecule has 0 bridgehead atoms. The summed E-state index contributed by atoms with van der Waals surface area (Å²) in [7, 11) is 0. The van der Waals surface area contributed by atoms with Crippen LogP contribution in [-0.4, -0.2) is 41.7 Å². The highest BCUT2D eigenvalue weighted by Gasteiger charge is 2.17. The number of rotatable bonds is 3. The fourth-order valence-corrected chi connectivity index (χ4v) is 1.45. The normalized spacial score (nSPS) is 10.7. The highest BCUT2D eigenvalue weighted by Crippen LogP contribution is 2.05. The van der Waals surface area contributed by atoms with Crippen LogP contribution in [0, 0.1) is 0 Å². The second-order valence-electron chi connectivity index (χ2n) is 3.33. The molecule has 0 spiro atoms. The zero-order valence-electron chi connectivity index (χ0n) is 12.1. The maximum atomic E-state index is 9.07. The molecule has 6 nitrogen and oxygen atoms in total. The molecule has 0 radical (unpaired) electrons. The van der Waals surface area contributed by atoms with E-state index in [1.165, 1.54) is 0 Å². The third-order valence-corrected chi connectivity index (χ3v) is 2.24. The standard InChI is InChI=1S/C12H10N4O2.2CH3I/c17-15-11(9-5-1-3-7-13-9)12(16-18)10-6-2-4-8-14-10;2*1-2/h1-8,17-18H;2*1H3/b15-11-,16-12-;;. The molecular formula is C14H16I2N4O2. The van der Waals surface area contributed by atoms with Crippen molar-refractivity contribution in [2.24, 2.45) is 10.3 Å². The van der Waals surface area contributed by atoms with E-state index in [-0.39, 0.29) is 11.4 Å². The van der Waals surface area contributed by atoms with Crippen LogP contribution >= 0.6 is 45.2 Å². The van der Waals surface area contributed by atoms with E-state index < -0.39 is 0 Å². The minimum Gasteiger partial charge on any atom is -0.410 e. The molecule has 2 rings (SSSR count). The Morgan fingerprint density at radius 1 is 0.773 bits per heavy atom. The molecule has 0 fully saturated rings. The van der Waals surface area contributed by atoms with Gasteiger partial charge in [-0.25, -0.2) is 0 Å². The van der Waals surface area contributed by atoms with Crippen molar-refractivity contribution in [2.75, 3.05) is 9.86 Å². The molecule has 8 heteroatoms. The Morgan fingerprint density at radius 3 is 1.36 bits per heavy atom. The fraction of sp³-hybridized carbons (Fsp3) is 0.143. The third-order valence-electron chi connectivity index (χ3n) is 2.24. The minimum atomic E-state index is 0.0526. The number of hydrogen-bond acceptors (Lipinski definition) is 6. The lowest BCUT2D eigenvalue weighted by Gasteiger charge is -2.05. The molecule has 0 amide bonds. The van der Waals surface area contributed by atoms with Crippen LogP contribution in [0.25, 0.3) is 0 Å². The molecule has 0 saturated heterocycles. The van der Waals surface area contributed by atoms with Gasteiger partial charge in [0.15, 0.2) is 11.4 Å². The van der Waals surface area contributed by atoms with Crippen LogP contribution in [0.5, 0.6) is 0 Å². The molecule has 0 unspecified atom stereocenters. The van der Waals surface area contributed by atoms with Gasteiger partial charge in [-0.3, -0.25) is 9.97 Å². The predicted molar refractivity (Wildman–Crippen MR) is 105 cm³/mol. The van der Waals surface area contributed by atoms with E-state index in [1.807, 2.05) is 9.86 Å². The summed E-state index contributed by atoms with van der Waals surface area (Å²) in [5, 5.41) is 24.4.